The van der Waals surface area contributed by atoms with Crippen LogP contribution in [0.1, 0.15) is 0 Å². The summed E-state index contributed by atoms with van der Waals surface area (Å²) in [6.07, 6.45) is 0. The molecule has 1 aliphatic rings. The normalized spacial score (nSPS) is 15.3. The van der Waals surface area contributed by atoms with Crippen LogP contribution in [-0.2, 0) is 4.79 Å². The predicted molar refractivity (Wildman–Crippen MR) is 96.0 cm³/mol. The monoisotopic (exact) mass is 346 g/mol. The van der Waals surface area contributed by atoms with E-state index in [0.717, 1.165) is 31.9 Å². The number of nitrogens with one attached hydrogen (secondary N) is 2. The number of halogens is 1. The first-order valence-electron chi connectivity index (χ1n) is 8.04. The van der Waals surface area contributed by atoms with Crippen LogP contribution < -0.4 is 15.1 Å². The number of hydrogen-bond donors (Lipinski definition) is 3. The first-order valence-corrected chi connectivity index (χ1v) is 8.41. The molecule has 2 aromatic carbocycles. The maximum atomic E-state index is 12.2. The summed E-state index contributed by atoms with van der Waals surface area (Å²) in [5, 5.41) is 12.8. The summed E-state index contributed by atoms with van der Waals surface area (Å²) < 4.78 is 0. The van der Waals surface area contributed by atoms with E-state index in [1.807, 2.05) is 24.3 Å². The molecular formula is C18H21ClN3O2+. The standard InChI is InChI=1S/C18H20ClN3O2/c19-16-3-1-2-4-17(16)20-18(24)13-21-9-11-22(12-10-21)14-5-7-15(23)8-6-14/h1-8,23H,9-13H2,(H,20,24)/p+1. The SMILES string of the molecule is O=C(C[NH+]1CCN(c2ccc(O)cc2)CC1)Nc1ccccc1Cl. The van der Waals surface area contributed by atoms with Crippen LogP contribution in [0.5, 0.6) is 5.75 Å². The Hall–Kier alpha value is -2.24. The molecule has 6 heteroatoms. The second kappa shape index (κ2) is 7.55. The lowest BCUT2D eigenvalue weighted by Crippen LogP contribution is -3.15. The van der Waals surface area contributed by atoms with Crippen molar-refractivity contribution in [3.8, 4) is 5.75 Å². The number of carbonyl (C=O) groups is 1. The fourth-order valence-corrected chi connectivity index (χ4v) is 3.09. The van der Waals surface area contributed by atoms with Gasteiger partial charge >= 0.3 is 0 Å². The van der Waals surface area contributed by atoms with Crippen LogP contribution in [0.3, 0.4) is 0 Å². The van der Waals surface area contributed by atoms with Gasteiger partial charge in [-0.15, -0.1) is 0 Å². The summed E-state index contributed by atoms with van der Waals surface area (Å²) in [5.41, 5.74) is 1.76. The van der Waals surface area contributed by atoms with Gasteiger partial charge in [0, 0.05) is 5.69 Å². The molecule has 3 N–H and O–H groups in total. The molecule has 0 bridgehead atoms. The molecule has 2 aromatic rings. The van der Waals surface area contributed by atoms with Crippen molar-refractivity contribution < 1.29 is 14.8 Å². The molecule has 1 amide bonds. The molecule has 0 aromatic heterocycles. The molecule has 126 valence electrons. The highest BCUT2D eigenvalue weighted by molar-refractivity contribution is 6.33. The lowest BCUT2D eigenvalue weighted by atomic mass is 10.2. The molecule has 1 fully saturated rings. The number of piperazine rings is 1. The average Bonchev–Trinajstić information content (AvgIpc) is 2.58. The minimum absolute atomic E-state index is 0.0174. The first kappa shape index (κ1) is 16.6. The maximum absolute atomic E-state index is 12.2. The van der Waals surface area contributed by atoms with Gasteiger partial charge in [0.25, 0.3) is 5.91 Å². The number of benzene rings is 2. The highest BCUT2D eigenvalue weighted by Gasteiger charge is 2.22. The third kappa shape index (κ3) is 4.19. The lowest BCUT2D eigenvalue weighted by molar-refractivity contribution is -0.892. The van der Waals surface area contributed by atoms with E-state index in [9.17, 15) is 9.90 Å². The Morgan fingerprint density at radius 3 is 2.46 bits per heavy atom. The molecule has 1 aliphatic heterocycles. The molecule has 5 nitrogen and oxygen atoms in total. The second-order valence-corrected chi connectivity index (χ2v) is 6.37. The van der Waals surface area contributed by atoms with Crippen LogP contribution in [0.25, 0.3) is 0 Å². The molecule has 0 spiro atoms. The van der Waals surface area contributed by atoms with Crippen LogP contribution in [0.4, 0.5) is 11.4 Å². The topological polar surface area (TPSA) is 57.0 Å². The number of carbonyl (C=O) groups excluding carboxylic acids is 1. The fourth-order valence-electron chi connectivity index (χ4n) is 2.91. The number of rotatable bonds is 4. The number of phenols is 1. The van der Waals surface area contributed by atoms with E-state index >= 15 is 0 Å². The molecule has 3 rings (SSSR count). The minimum atomic E-state index is -0.0174. The molecule has 24 heavy (non-hydrogen) atoms. The van der Waals surface area contributed by atoms with Crippen LogP contribution in [0, 0.1) is 0 Å². The second-order valence-electron chi connectivity index (χ2n) is 5.96. The largest absolute Gasteiger partial charge is 0.508 e. The van der Waals surface area contributed by atoms with Crippen molar-refractivity contribution in [3.05, 3.63) is 53.6 Å². The van der Waals surface area contributed by atoms with Crippen molar-refractivity contribution in [1.29, 1.82) is 0 Å². The van der Waals surface area contributed by atoms with E-state index in [0.29, 0.717) is 17.3 Å². The van der Waals surface area contributed by atoms with Gasteiger partial charge in [-0.1, -0.05) is 23.7 Å². The zero-order valence-corrected chi connectivity index (χ0v) is 14.1. The van der Waals surface area contributed by atoms with Gasteiger partial charge in [0.2, 0.25) is 0 Å². The fraction of sp³-hybridized carbons (Fsp3) is 0.278. The van der Waals surface area contributed by atoms with E-state index in [-0.39, 0.29) is 11.7 Å². The smallest absolute Gasteiger partial charge is 0.279 e. The molecular weight excluding hydrogens is 326 g/mol. The number of hydrogen-bond acceptors (Lipinski definition) is 3. The van der Waals surface area contributed by atoms with Gasteiger partial charge in [-0.25, -0.2) is 0 Å². The van der Waals surface area contributed by atoms with E-state index < -0.39 is 0 Å². The summed E-state index contributed by atoms with van der Waals surface area (Å²) in [4.78, 5) is 15.7. The molecule has 0 aliphatic carbocycles. The molecule has 0 unspecified atom stereocenters. The minimum Gasteiger partial charge on any atom is -0.508 e. The van der Waals surface area contributed by atoms with Crippen molar-refractivity contribution >= 4 is 28.9 Å². The van der Waals surface area contributed by atoms with Crippen LogP contribution in [-0.4, -0.2) is 43.7 Å². The number of para-hydroxylation sites is 1. The maximum Gasteiger partial charge on any atom is 0.279 e. The van der Waals surface area contributed by atoms with Gasteiger partial charge in [-0.2, -0.15) is 0 Å². The van der Waals surface area contributed by atoms with Gasteiger partial charge in [0.15, 0.2) is 6.54 Å². The van der Waals surface area contributed by atoms with Crippen molar-refractivity contribution in [2.75, 3.05) is 42.9 Å². The molecule has 1 saturated heterocycles. The highest BCUT2D eigenvalue weighted by Crippen LogP contribution is 2.20. The van der Waals surface area contributed by atoms with Gasteiger partial charge in [0.05, 0.1) is 36.9 Å². The molecule has 0 saturated carbocycles. The lowest BCUT2D eigenvalue weighted by Gasteiger charge is -2.33. The van der Waals surface area contributed by atoms with Crippen molar-refractivity contribution in [2.45, 2.75) is 0 Å². The van der Waals surface area contributed by atoms with Gasteiger partial charge in [0.1, 0.15) is 5.75 Å². The molecule has 0 atom stereocenters. The number of phenolic OH excluding ortho intramolecular Hbond substituents is 1. The summed E-state index contributed by atoms with van der Waals surface area (Å²) in [6, 6.07) is 14.5. The quantitative estimate of drug-likeness (QED) is 0.784. The summed E-state index contributed by atoms with van der Waals surface area (Å²) in [7, 11) is 0. The number of amides is 1. The third-order valence-corrected chi connectivity index (χ3v) is 4.57. The predicted octanol–water partition coefficient (Wildman–Crippen LogP) is 1.39. The van der Waals surface area contributed by atoms with Crippen LogP contribution in [0.15, 0.2) is 48.5 Å². The average molecular weight is 347 g/mol. The Labute approximate surface area is 146 Å². The van der Waals surface area contributed by atoms with Crippen molar-refractivity contribution in [2.24, 2.45) is 0 Å². The van der Waals surface area contributed by atoms with Crippen molar-refractivity contribution in [1.82, 2.24) is 0 Å². The first-order chi connectivity index (χ1) is 11.6. The van der Waals surface area contributed by atoms with Crippen LogP contribution in [0.2, 0.25) is 5.02 Å². The van der Waals surface area contributed by atoms with E-state index in [1.54, 1.807) is 24.3 Å². The summed E-state index contributed by atoms with van der Waals surface area (Å²) in [5.74, 6) is 0.260. The van der Waals surface area contributed by atoms with E-state index in [4.69, 9.17) is 11.6 Å². The number of aromatic hydroxyl groups is 1. The van der Waals surface area contributed by atoms with E-state index in [1.165, 1.54) is 4.90 Å². The zero-order chi connectivity index (χ0) is 16.9. The van der Waals surface area contributed by atoms with Gasteiger partial charge < -0.3 is 20.2 Å². The third-order valence-electron chi connectivity index (χ3n) is 4.24. The Morgan fingerprint density at radius 1 is 1.12 bits per heavy atom. The van der Waals surface area contributed by atoms with Crippen molar-refractivity contribution in [3.63, 3.8) is 0 Å². The Morgan fingerprint density at radius 2 is 1.79 bits per heavy atom. The summed E-state index contributed by atoms with van der Waals surface area (Å²) in [6.45, 7) is 4.02. The molecule has 0 radical (unpaired) electrons. The highest BCUT2D eigenvalue weighted by atomic mass is 35.5. The van der Waals surface area contributed by atoms with E-state index in [2.05, 4.69) is 10.2 Å². The number of nitrogens with zero attached hydrogens (tertiary/aromatic N) is 1. The Bertz CT molecular complexity index is 698. The Kier molecular flexibility index (Phi) is 5.23. The molecule has 1 heterocycles. The van der Waals surface area contributed by atoms with Gasteiger partial charge in [-0.05, 0) is 36.4 Å². The Balaban J connectivity index is 1.49. The summed E-state index contributed by atoms with van der Waals surface area (Å²) >= 11 is 6.06. The zero-order valence-electron chi connectivity index (χ0n) is 13.3. The number of quaternary nitrogens is 1. The van der Waals surface area contributed by atoms with Crippen LogP contribution >= 0.6 is 11.6 Å². The van der Waals surface area contributed by atoms with Gasteiger partial charge in [-0.3, -0.25) is 4.79 Å². The number of anilines is 2.